The second kappa shape index (κ2) is 4.11. The first kappa shape index (κ1) is 10.7. The Bertz CT molecular complexity index is 572. The molecule has 2 heterocycles. The highest BCUT2D eigenvalue weighted by atomic mass is 32.1. The molecule has 0 bridgehead atoms. The zero-order valence-corrected chi connectivity index (χ0v) is 10.1. The third-order valence-corrected chi connectivity index (χ3v) is 4.20. The predicted molar refractivity (Wildman–Crippen MR) is 66.9 cm³/mol. The molecule has 1 aromatic carbocycles. The van der Waals surface area contributed by atoms with Crippen LogP contribution in [0.5, 0.6) is 0 Å². The Hall–Kier alpha value is -1.42. The van der Waals surface area contributed by atoms with Crippen molar-refractivity contribution in [1.29, 1.82) is 0 Å². The summed E-state index contributed by atoms with van der Waals surface area (Å²) in [5, 5.41) is 0.556. The van der Waals surface area contributed by atoms with Crippen molar-refractivity contribution in [3.05, 3.63) is 35.0 Å². The van der Waals surface area contributed by atoms with Crippen molar-refractivity contribution in [3.8, 4) is 0 Å². The molecule has 1 aliphatic rings. The fourth-order valence-electron chi connectivity index (χ4n) is 2.21. The molecule has 0 unspecified atom stereocenters. The summed E-state index contributed by atoms with van der Waals surface area (Å²) < 4.78 is 14.4. The molecule has 0 spiro atoms. The van der Waals surface area contributed by atoms with Gasteiger partial charge in [0.2, 0.25) is 0 Å². The molecular weight excluding hydrogens is 237 g/mol. The van der Waals surface area contributed by atoms with E-state index in [0.717, 1.165) is 30.6 Å². The summed E-state index contributed by atoms with van der Waals surface area (Å²) in [7, 11) is 0. The van der Waals surface area contributed by atoms with Gasteiger partial charge in [-0.1, -0.05) is 6.07 Å². The summed E-state index contributed by atoms with van der Waals surface area (Å²) in [6, 6.07) is 6.64. The number of hydrogen-bond acceptors (Lipinski definition) is 2. The molecule has 1 aromatic heterocycles. The lowest BCUT2D eigenvalue weighted by Crippen LogP contribution is -2.26. The minimum atomic E-state index is -0.251. The van der Waals surface area contributed by atoms with Gasteiger partial charge < -0.3 is 4.90 Å². The SMILES string of the molecule is O=C(c1cc2c(F)cccc2s1)N1CCCC1. The number of benzene rings is 1. The van der Waals surface area contributed by atoms with E-state index in [-0.39, 0.29) is 11.7 Å². The van der Waals surface area contributed by atoms with Gasteiger partial charge in [0.05, 0.1) is 4.88 Å². The van der Waals surface area contributed by atoms with Crippen LogP contribution in [0, 0.1) is 5.82 Å². The fourth-order valence-corrected chi connectivity index (χ4v) is 3.25. The quantitative estimate of drug-likeness (QED) is 0.759. The number of hydrogen-bond donors (Lipinski definition) is 0. The molecule has 0 N–H and O–H groups in total. The van der Waals surface area contributed by atoms with Gasteiger partial charge in [-0.25, -0.2) is 4.39 Å². The van der Waals surface area contributed by atoms with Crippen molar-refractivity contribution < 1.29 is 9.18 Å². The molecule has 1 aliphatic heterocycles. The molecule has 2 nitrogen and oxygen atoms in total. The van der Waals surface area contributed by atoms with E-state index in [1.165, 1.54) is 17.4 Å². The first-order valence-electron chi connectivity index (χ1n) is 5.73. The molecular formula is C13H12FNOS. The summed E-state index contributed by atoms with van der Waals surface area (Å²) >= 11 is 1.38. The highest BCUT2D eigenvalue weighted by Gasteiger charge is 2.21. The van der Waals surface area contributed by atoms with Crippen molar-refractivity contribution in [2.75, 3.05) is 13.1 Å². The maximum Gasteiger partial charge on any atom is 0.263 e. The van der Waals surface area contributed by atoms with Crippen LogP contribution in [0.15, 0.2) is 24.3 Å². The van der Waals surface area contributed by atoms with Crippen LogP contribution in [0.2, 0.25) is 0 Å². The lowest BCUT2D eigenvalue weighted by molar-refractivity contribution is 0.0797. The average molecular weight is 249 g/mol. The van der Waals surface area contributed by atoms with Crippen molar-refractivity contribution in [1.82, 2.24) is 4.90 Å². The topological polar surface area (TPSA) is 20.3 Å². The van der Waals surface area contributed by atoms with E-state index >= 15 is 0 Å². The summed E-state index contributed by atoms with van der Waals surface area (Å²) in [4.78, 5) is 14.6. The Labute approximate surface area is 103 Å². The molecule has 1 saturated heterocycles. The molecule has 17 heavy (non-hydrogen) atoms. The summed E-state index contributed by atoms with van der Waals surface area (Å²) in [5.41, 5.74) is 0. The number of amides is 1. The molecule has 2 aromatic rings. The number of carbonyl (C=O) groups is 1. The molecule has 0 aliphatic carbocycles. The van der Waals surface area contributed by atoms with Gasteiger partial charge in [-0.3, -0.25) is 4.79 Å². The second-order valence-electron chi connectivity index (χ2n) is 4.26. The lowest BCUT2D eigenvalue weighted by Gasteiger charge is -2.13. The number of likely N-dealkylation sites (tertiary alicyclic amines) is 1. The largest absolute Gasteiger partial charge is 0.338 e. The van der Waals surface area contributed by atoms with Gasteiger partial charge in [0.25, 0.3) is 5.91 Å². The van der Waals surface area contributed by atoms with Gasteiger partial charge >= 0.3 is 0 Å². The number of fused-ring (bicyclic) bond motifs is 1. The summed E-state index contributed by atoms with van der Waals surface area (Å²) in [6.07, 6.45) is 2.15. The number of thiophene rings is 1. The monoisotopic (exact) mass is 249 g/mol. The highest BCUT2D eigenvalue weighted by Crippen LogP contribution is 2.29. The third kappa shape index (κ3) is 1.82. The fraction of sp³-hybridized carbons (Fsp3) is 0.308. The van der Waals surface area contributed by atoms with E-state index < -0.39 is 0 Å². The number of carbonyl (C=O) groups excluding carboxylic acids is 1. The standard InChI is InChI=1S/C13H12FNOS/c14-10-4-3-5-11-9(10)8-12(17-11)13(16)15-6-1-2-7-15/h3-5,8H,1-2,6-7H2. The minimum absolute atomic E-state index is 0.0445. The molecule has 0 atom stereocenters. The van der Waals surface area contributed by atoms with Gasteiger partial charge in [-0.15, -0.1) is 11.3 Å². The summed E-state index contributed by atoms with van der Waals surface area (Å²) in [6.45, 7) is 1.66. The van der Waals surface area contributed by atoms with E-state index in [2.05, 4.69) is 0 Å². The van der Waals surface area contributed by atoms with Gasteiger partial charge in [0.15, 0.2) is 0 Å². The zero-order valence-electron chi connectivity index (χ0n) is 9.28. The number of halogens is 1. The van der Waals surface area contributed by atoms with E-state index in [1.54, 1.807) is 12.1 Å². The smallest absolute Gasteiger partial charge is 0.263 e. The first-order chi connectivity index (χ1) is 8.25. The zero-order chi connectivity index (χ0) is 11.8. The molecule has 88 valence electrons. The molecule has 4 heteroatoms. The highest BCUT2D eigenvalue weighted by molar-refractivity contribution is 7.20. The van der Waals surface area contributed by atoms with Gasteiger partial charge in [-0.2, -0.15) is 0 Å². The van der Waals surface area contributed by atoms with Crippen molar-refractivity contribution in [3.63, 3.8) is 0 Å². The van der Waals surface area contributed by atoms with E-state index in [0.29, 0.717) is 10.3 Å². The van der Waals surface area contributed by atoms with Crippen LogP contribution in [-0.4, -0.2) is 23.9 Å². The van der Waals surface area contributed by atoms with E-state index in [9.17, 15) is 9.18 Å². The Kier molecular flexibility index (Phi) is 2.59. The normalized spacial score (nSPS) is 15.7. The van der Waals surface area contributed by atoms with Crippen molar-refractivity contribution >= 4 is 27.3 Å². The van der Waals surface area contributed by atoms with E-state index in [4.69, 9.17) is 0 Å². The van der Waals surface area contributed by atoms with Gasteiger partial charge in [-0.05, 0) is 31.0 Å². The second-order valence-corrected chi connectivity index (χ2v) is 5.35. The van der Waals surface area contributed by atoms with Gasteiger partial charge in [0.1, 0.15) is 5.82 Å². The lowest BCUT2D eigenvalue weighted by atomic mass is 10.2. The molecule has 1 amide bonds. The Morgan fingerprint density at radius 1 is 1.29 bits per heavy atom. The molecule has 1 fully saturated rings. The summed E-state index contributed by atoms with van der Waals surface area (Å²) in [5.74, 6) is -0.206. The van der Waals surface area contributed by atoms with Crippen LogP contribution in [0.3, 0.4) is 0 Å². The predicted octanol–water partition coefficient (Wildman–Crippen LogP) is 3.28. The molecule has 0 saturated carbocycles. The van der Waals surface area contributed by atoms with Crippen molar-refractivity contribution in [2.24, 2.45) is 0 Å². The van der Waals surface area contributed by atoms with Crippen LogP contribution in [0.25, 0.3) is 10.1 Å². The maximum atomic E-state index is 13.5. The average Bonchev–Trinajstić information content (AvgIpc) is 2.98. The molecule has 3 rings (SSSR count). The van der Waals surface area contributed by atoms with Gasteiger partial charge in [0, 0.05) is 23.2 Å². The van der Waals surface area contributed by atoms with Crippen LogP contribution in [-0.2, 0) is 0 Å². The maximum absolute atomic E-state index is 13.5. The van der Waals surface area contributed by atoms with Crippen LogP contribution in [0.4, 0.5) is 4.39 Å². The van der Waals surface area contributed by atoms with Crippen molar-refractivity contribution in [2.45, 2.75) is 12.8 Å². The minimum Gasteiger partial charge on any atom is -0.338 e. The third-order valence-electron chi connectivity index (χ3n) is 3.11. The van der Waals surface area contributed by atoms with Crippen LogP contribution < -0.4 is 0 Å². The number of nitrogens with zero attached hydrogens (tertiary/aromatic N) is 1. The Balaban J connectivity index is 2.00. The number of rotatable bonds is 1. The van der Waals surface area contributed by atoms with Crippen LogP contribution >= 0.6 is 11.3 Å². The van der Waals surface area contributed by atoms with Crippen LogP contribution in [0.1, 0.15) is 22.5 Å². The first-order valence-corrected chi connectivity index (χ1v) is 6.55. The molecule has 0 radical (unpaired) electrons. The Morgan fingerprint density at radius 3 is 2.76 bits per heavy atom. The van der Waals surface area contributed by atoms with E-state index in [1.807, 2.05) is 11.0 Å². The Morgan fingerprint density at radius 2 is 2.06 bits per heavy atom.